The molecule has 0 unspecified atom stereocenters. The smallest absolute Gasteiger partial charge is 0.282 e. The predicted molar refractivity (Wildman–Crippen MR) is 102 cm³/mol. The van der Waals surface area contributed by atoms with Gasteiger partial charge in [0.15, 0.2) is 0 Å². The number of aliphatic hydroxyl groups excluding tert-OH is 1. The number of hydrogen-bond donors (Lipinski definition) is 1. The van der Waals surface area contributed by atoms with Crippen molar-refractivity contribution in [2.45, 2.75) is 6.92 Å². The molecule has 2 aromatic rings. The number of carbonyl (C=O) groups is 2. The Bertz CT molecular complexity index is 893. The van der Waals surface area contributed by atoms with E-state index in [2.05, 4.69) is 0 Å². The van der Waals surface area contributed by atoms with Gasteiger partial charge in [-0.15, -0.1) is 0 Å². The van der Waals surface area contributed by atoms with Gasteiger partial charge in [0.1, 0.15) is 5.70 Å². The summed E-state index contributed by atoms with van der Waals surface area (Å²) in [6.45, 7) is 1.97. The van der Waals surface area contributed by atoms with E-state index in [0.717, 1.165) is 10.5 Å². The van der Waals surface area contributed by atoms with E-state index in [4.69, 9.17) is 11.6 Å². The van der Waals surface area contributed by atoms with Crippen LogP contribution in [0.3, 0.4) is 0 Å². The number of benzene rings is 2. The van der Waals surface area contributed by atoms with Crippen molar-refractivity contribution < 1.29 is 14.7 Å². The van der Waals surface area contributed by atoms with E-state index in [1.54, 1.807) is 42.3 Å². The third-order valence-electron chi connectivity index (χ3n) is 4.35. The van der Waals surface area contributed by atoms with Crippen LogP contribution < -0.4 is 4.90 Å². The van der Waals surface area contributed by atoms with Gasteiger partial charge in [-0.1, -0.05) is 48.0 Å². The number of aryl methyl sites for hydroxylation is 1. The molecule has 1 aliphatic heterocycles. The molecule has 0 bridgehead atoms. The number of imide groups is 1. The van der Waals surface area contributed by atoms with Crippen LogP contribution in [0.2, 0.25) is 5.02 Å². The van der Waals surface area contributed by atoms with Crippen LogP contribution >= 0.6 is 11.6 Å². The van der Waals surface area contributed by atoms with E-state index in [0.29, 0.717) is 21.8 Å². The molecule has 26 heavy (non-hydrogen) atoms. The Kier molecular flexibility index (Phi) is 5.11. The van der Waals surface area contributed by atoms with Crippen LogP contribution in [0.25, 0.3) is 5.57 Å². The van der Waals surface area contributed by atoms with Gasteiger partial charge in [0.2, 0.25) is 0 Å². The minimum absolute atomic E-state index is 0.125. The highest BCUT2D eigenvalue weighted by Gasteiger charge is 2.41. The first kappa shape index (κ1) is 18.2. The van der Waals surface area contributed by atoms with Crippen LogP contribution in [-0.2, 0) is 9.59 Å². The second-order valence-corrected chi connectivity index (χ2v) is 6.52. The zero-order valence-corrected chi connectivity index (χ0v) is 15.3. The SMILES string of the molecule is Cc1ccc(N2C(=O)C(c3ccccc3)=C(N(C)CCO)C2=O)cc1Cl. The maximum absolute atomic E-state index is 13.1. The molecule has 5 nitrogen and oxygen atoms in total. The van der Waals surface area contributed by atoms with Gasteiger partial charge in [-0.05, 0) is 30.2 Å². The Hall–Kier alpha value is -2.63. The first-order chi connectivity index (χ1) is 12.5. The largest absolute Gasteiger partial charge is 0.395 e. The Morgan fingerprint density at radius 1 is 1.08 bits per heavy atom. The zero-order valence-electron chi connectivity index (χ0n) is 14.6. The molecule has 134 valence electrons. The Morgan fingerprint density at radius 3 is 2.38 bits per heavy atom. The second kappa shape index (κ2) is 7.32. The lowest BCUT2D eigenvalue weighted by Crippen LogP contribution is -2.34. The third kappa shape index (κ3) is 3.11. The average molecular weight is 371 g/mol. The van der Waals surface area contributed by atoms with Crippen molar-refractivity contribution in [3.63, 3.8) is 0 Å². The highest BCUT2D eigenvalue weighted by molar-refractivity contribution is 6.45. The highest BCUT2D eigenvalue weighted by Crippen LogP contribution is 2.35. The molecule has 0 saturated carbocycles. The first-order valence-electron chi connectivity index (χ1n) is 8.22. The fourth-order valence-corrected chi connectivity index (χ4v) is 3.13. The van der Waals surface area contributed by atoms with E-state index >= 15 is 0 Å². The lowest BCUT2D eigenvalue weighted by Gasteiger charge is -2.20. The lowest BCUT2D eigenvalue weighted by molar-refractivity contribution is -0.120. The lowest BCUT2D eigenvalue weighted by atomic mass is 10.0. The number of amides is 2. The van der Waals surface area contributed by atoms with Crippen molar-refractivity contribution >= 4 is 34.7 Å². The summed E-state index contributed by atoms with van der Waals surface area (Å²) >= 11 is 6.18. The molecule has 0 radical (unpaired) electrons. The number of halogens is 1. The van der Waals surface area contributed by atoms with Gasteiger partial charge in [-0.3, -0.25) is 9.59 Å². The van der Waals surface area contributed by atoms with Gasteiger partial charge in [0.05, 0.1) is 17.9 Å². The van der Waals surface area contributed by atoms with Crippen molar-refractivity contribution in [2.24, 2.45) is 0 Å². The highest BCUT2D eigenvalue weighted by atomic mass is 35.5. The number of likely N-dealkylation sites (N-methyl/N-ethyl adjacent to an activating group) is 1. The van der Waals surface area contributed by atoms with E-state index < -0.39 is 11.8 Å². The topological polar surface area (TPSA) is 60.9 Å². The van der Waals surface area contributed by atoms with Crippen molar-refractivity contribution in [3.8, 4) is 0 Å². The summed E-state index contributed by atoms with van der Waals surface area (Å²) in [5.41, 5.74) is 2.54. The standard InChI is InChI=1S/C20H19ClN2O3/c1-13-8-9-15(12-16(13)21)23-19(25)17(14-6-4-3-5-7-14)18(20(23)26)22(2)10-11-24/h3-9,12,24H,10-11H2,1-2H3. The fourth-order valence-electron chi connectivity index (χ4n) is 2.95. The summed E-state index contributed by atoms with van der Waals surface area (Å²) in [5, 5.41) is 9.75. The Morgan fingerprint density at radius 2 is 1.77 bits per heavy atom. The van der Waals surface area contributed by atoms with Crippen LogP contribution in [0.15, 0.2) is 54.2 Å². The van der Waals surface area contributed by atoms with Crippen molar-refractivity contribution in [1.82, 2.24) is 4.90 Å². The summed E-state index contributed by atoms with van der Waals surface area (Å²) in [7, 11) is 1.69. The molecular weight excluding hydrogens is 352 g/mol. The van der Waals surface area contributed by atoms with Crippen LogP contribution in [0.1, 0.15) is 11.1 Å². The molecule has 0 saturated heterocycles. The van der Waals surface area contributed by atoms with Crippen molar-refractivity contribution in [2.75, 3.05) is 25.1 Å². The molecule has 2 aromatic carbocycles. The Balaban J connectivity index is 2.12. The molecule has 2 amide bonds. The van der Waals surface area contributed by atoms with E-state index in [-0.39, 0.29) is 18.8 Å². The molecule has 3 rings (SSSR count). The minimum atomic E-state index is -0.426. The molecule has 1 N–H and O–H groups in total. The van der Waals surface area contributed by atoms with Crippen LogP contribution in [-0.4, -0.2) is 42.0 Å². The number of hydrogen-bond acceptors (Lipinski definition) is 4. The first-order valence-corrected chi connectivity index (χ1v) is 8.60. The second-order valence-electron chi connectivity index (χ2n) is 6.11. The minimum Gasteiger partial charge on any atom is -0.395 e. The summed E-state index contributed by atoms with van der Waals surface area (Å²) in [6.07, 6.45) is 0. The van der Waals surface area contributed by atoms with E-state index in [1.165, 1.54) is 0 Å². The van der Waals surface area contributed by atoms with Gasteiger partial charge in [-0.25, -0.2) is 4.90 Å². The maximum Gasteiger partial charge on any atom is 0.282 e. The maximum atomic E-state index is 13.1. The van der Waals surface area contributed by atoms with Crippen LogP contribution in [0.4, 0.5) is 5.69 Å². The summed E-state index contributed by atoms with van der Waals surface area (Å²) in [4.78, 5) is 29.0. The fraction of sp³-hybridized carbons (Fsp3) is 0.200. The predicted octanol–water partition coefficient (Wildman–Crippen LogP) is 2.86. The molecule has 0 aromatic heterocycles. The number of aliphatic hydroxyl groups is 1. The molecule has 6 heteroatoms. The molecular formula is C20H19ClN2O3. The van der Waals surface area contributed by atoms with Crippen molar-refractivity contribution in [3.05, 3.63) is 70.4 Å². The van der Waals surface area contributed by atoms with Crippen LogP contribution in [0.5, 0.6) is 0 Å². The number of carbonyl (C=O) groups excluding carboxylic acids is 2. The van der Waals surface area contributed by atoms with Gasteiger partial charge >= 0.3 is 0 Å². The molecule has 0 aliphatic carbocycles. The molecule has 1 aliphatic rings. The van der Waals surface area contributed by atoms with E-state index in [1.807, 2.05) is 25.1 Å². The molecule has 0 atom stereocenters. The van der Waals surface area contributed by atoms with Gasteiger partial charge in [0.25, 0.3) is 11.8 Å². The molecule has 1 heterocycles. The van der Waals surface area contributed by atoms with Gasteiger partial charge in [-0.2, -0.15) is 0 Å². The molecule has 0 spiro atoms. The normalized spacial score (nSPS) is 14.4. The summed E-state index contributed by atoms with van der Waals surface area (Å²) in [6, 6.07) is 14.1. The molecule has 0 fully saturated rings. The third-order valence-corrected chi connectivity index (χ3v) is 4.76. The monoisotopic (exact) mass is 370 g/mol. The van der Waals surface area contributed by atoms with Crippen LogP contribution in [0, 0.1) is 6.92 Å². The Labute approximate surface area is 157 Å². The summed E-state index contributed by atoms with van der Waals surface area (Å²) in [5.74, 6) is -0.828. The average Bonchev–Trinajstić information content (AvgIpc) is 2.89. The van der Waals surface area contributed by atoms with Gasteiger partial charge < -0.3 is 10.0 Å². The van der Waals surface area contributed by atoms with Crippen molar-refractivity contribution in [1.29, 1.82) is 0 Å². The van der Waals surface area contributed by atoms with Gasteiger partial charge in [0, 0.05) is 18.6 Å². The number of anilines is 1. The van der Waals surface area contributed by atoms with E-state index in [9.17, 15) is 14.7 Å². The number of nitrogens with zero attached hydrogens (tertiary/aromatic N) is 2. The summed E-state index contributed by atoms with van der Waals surface area (Å²) < 4.78 is 0. The quantitative estimate of drug-likeness (QED) is 0.822. The number of rotatable bonds is 5. The zero-order chi connectivity index (χ0) is 18.8.